The topological polar surface area (TPSA) is 98.1 Å². The number of aromatic nitrogens is 3. The van der Waals surface area contributed by atoms with Crippen LogP contribution in [-0.4, -0.2) is 45.6 Å². The minimum absolute atomic E-state index is 0.385. The van der Waals surface area contributed by atoms with E-state index in [-0.39, 0.29) is 5.91 Å². The lowest BCUT2D eigenvalue weighted by Crippen LogP contribution is -2.42. The highest BCUT2D eigenvalue weighted by molar-refractivity contribution is 8.00. The molecule has 1 aromatic heterocycles. The van der Waals surface area contributed by atoms with Crippen molar-refractivity contribution in [3.05, 3.63) is 60.2 Å². The van der Waals surface area contributed by atoms with Gasteiger partial charge in [-0.3, -0.25) is 10.1 Å². The molecule has 0 spiro atoms. The number of nitrogens with zero attached hydrogens (tertiary/aromatic N) is 3. The van der Waals surface area contributed by atoms with Crippen LogP contribution in [0.1, 0.15) is 19.4 Å². The number of nitrogens with one attached hydrogen (secondary N) is 2. The number of amides is 3. The van der Waals surface area contributed by atoms with Gasteiger partial charge in [0.15, 0.2) is 11.0 Å². The number of carbonyl (C=O) groups is 2. The minimum atomic E-state index is -0.527. The Morgan fingerprint density at radius 3 is 2.47 bits per heavy atom. The highest BCUT2D eigenvalue weighted by atomic mass is 32.2. The van der Waals surface area contributed by atoms with Crippen LogP contribution in [-0.2, 0) is 17.8 Å². The molecule has 1 unspecified atom stereocenters. The van der Waals surface area contributed by atoms with E-state index < -0.39 is 11.3 Å². The molecule has 0 saturated carbocycles. The number of aryl methyl sites for hydroxylation is 1. The first-order chi connectivity index (χ1) is 15.5. The maximum Gasteiger partial charge on any atom is 0.321 e. The lowest BCUT2D eigenvalue weighted by molar-refractivity contribution is -0.119. The summed E-state index contributed by atoms with van der Waals surface area (Å²) in [7, 11) is 1.62. The standard InChI is InChI=1S/C23H27N5O3S/c1-4-24-22(30)25-21(29)16(2)32-23-27-26-20(18-10-12-19(31-3)13-11-18)28(23)15-14-17-8-6-5-7-9-17/h5-13,16H,4,14-15H2,1-3H3,(H2,24,25,29,30). The molecule has 2 aromatic carbocycles. The van der Waals surface area contributed by atoms with E-state index in [0.29, 0.717) is 24.1 Å². The van der Waals surface area contributed by atoms with E-state index in [9.17, 15) is 9.59 Å². The van der Waals surface area contributed by atoms with Crippen LogP contribution < -0.4 is 15.4 Å². The molecule has 2 N–H and O–H groups in total. The SMILES string of the molecule is CCNC(=O)NC(=O)C(C)Sc1nnc(-c2ccc(OC)cc2)n1CCc1ccccc1. The van der Waals surface area contributed by atoms with Gasteiger partial charge in [0.25, 0.3) is 0 Å². The summed E-state index contributed by atoms with van der Waals surface area (Å²) in [6.07, 6.45) is 0.787. The molecule has 0 radical (unpaired) electrons. The van der Waals surface area contributed by atoms with E-state index in [1.54, 1.807) is 21.0 Å². The Kier molecular flexibility index (Phi) is 8.27. The van der Waals surface area contributed by atoms with Gasteiger partial charge in [-0.15, -0.1) is 10.2 Å². The van der Waals surface area contributed by atoms with Gasteiger partial charge in [0.05, 0.1) is 12.4 Å². The number of rotatable bonds is 9. The Bertz CT molecular complexity index is 1040. The van der Waals surface area contributed by atoms with Gasteiger partial charge in [0, 0.05) is 18.7 Å². The zero-order chi connectivity index (χ0) is 22.9. The first-order valence-electron chi connectivity index (χ1n) is 10.4. The second-order valence-electron chi connectivity index (χ2n) is 7.03. The highest BCUT2D eigenvalue weighted by Crippen LogP contribution is 2.28. The van der Waals surface area contributed by atoms with Gasteiger partial charge in [-0.25, -0.2) is 4.79 Å². The van der Waals surface area contributed by atoms with Gasteiger partial charge in [0.1, 0.15) is 5.75 Å². The fourth-order valence-corrected chi connectivity index (χ4v) is 3.92. The van der Waals surface area contributed by atoms with Crippen LogP contribution in [0.4, 0.5) is 4.79 Å². The molecule has 3 rings (SSSR count). The molecule has 0 bridgehead atoms. The summed E-state index contributed by atoms with van der Waals surface area (Å²) in [6.45, 7) is 4.62. The molecule has 1 atom stereocenters. The number of ether oxygens (including phenoxy) is 1. The van der Waals surface area contributed by atoms with Crippen molar-refractivity contribution in [3.63, 3.8) is 0 Å². The molecule has 0 aliphatic rings. The van der Waals surface area contributed by atoms with Crippen molar-refractivity contribution < 1.29 is 14.3 Å². The van der Waals surface area contributed by atoms with E-state index >= 15 is 0 Å². The van der Waals surface area contributed by atoms with Gasteiger partial charge in [-0.05, 0) is 50.1 Å². The molecule has 9 heteroatoms. The number of thioether (sulfide) groups is 1. The Hall–Kier alpha value is -3.33. The van der Waals surface area contributed by atoms with Gasteiger partial charge in [-0.1, -0.05) is 42.1 Å². The third-order valence-electron chi connectivity index (χ3n) is 4.76. The molecule has 3 amide bonds. The fraction of sp³-hybridized carbons (Fsp3) is 0.304. The largest absolute Gasteiger partial charge is 0.497 e. The molecular formula is C23H27N5O3S. The molecule has 0 saturated heterocycles. The fourth-order valence-electron chi connectivity index (χ4n) is 3.05. The molecule has 0 aliphatic heterocycles. The van der Waals surface area contributed by atoms with Gasteiger partial charge in [-0.2, -0.15) is 0 Å². The zero-order valence-electron chi connectivity index (χ0n) is 18.4. The maximum atomic E-state index is 12.4. The lowest BCUT2D eigenvalue weighted by Gasteiger charge is -2.14. The van der Waals surface area contributed by atoms with Gasteiger partial charge < -0.3 is 14.6 Å². The average molecular weight is 454 g/mol. The van der Waals surface area contributed by atoms with Crippen LogP contribution in [0.2, 0.25) is 0 Å². The van der Waals surface area contributed by atoms with E-state index in [1.807, 2.05) is 47.0 Å². The van der Waals surface area contributed by atoms with E-state index in [1.165, 1.54) is 17.3 Å². The number of carbonyl (C=O) groups excluding carboxylic acids is 2. The van der Waals surface area contributed by atoms with E-state index in [2.05, 4.69) is 33.0 Å². The van der Waals surface area contributed by atoms with Crippen LogP contribution in [0, 0.1) is 0 Å². The highest BCUT2D eigenvalue weighted by Gasteiger charge is 2.22. The minimum Gasteiger partial charge on any atom is -0.497 e. The Balaban J connectivity index is 1.83. The molecule has 0 aliphatic carbocycles. The summed E-state index contributed by atoms with van der Waals surface area (Å²) in [5.74, 6) is 1.08. The molecule has 168 valence electrons. The van der Waals surface area contributed by atoms with Crippen molar-refractivity contribution in [1.82, 2.24) is 25.4 Å². The Labute approximate surface area is 191 Å². The number of hydrogen-bond donors (Lipinski definition) is 2. The average Bonchev–Trinajstić information content (AvgIpc) is 3.20. The number of hydrogen-bond acceptors (Lipinski definition) is 6. The smallest absolute Gasteiger partial charge is 0.321 e. The molecule has 32 heavy (non-hydrogen) atoms. The second kappa shape index (κ2) is 11.3. The summed E-state index contributed by atoms with van der Waals surface area (Å²) in [5, 5.41) is 13.7. The van der Waals surface area contributed by atoms with Crippen molar-refractivity contribution in [2.75, 3.05) is 13.7 Å². The number of urea groups is 1. The maximum absolute atomic E-state index is 12.4. The monoisotopic (exact) mass is 453 g/mol. The summed E-state index contributed by atoms with van der Waals surface area (Å²) < 4.78 is 7.26. The van der Waals surface area contributed by atoms with Crippen LogP contribution in [0.25, 0.3) is 11.4 Å². The van der Waals surface area contributed by atoms with Crippen molar-refractivity contribution in [2.45, 2.75) is 37.2 Å². The molecule has 3 aromatic rings. The number of imide groups is 1. The number of methoxy groups -OCH3 is 1. The predicted octanol–water partition coefficient (Wildman–Crippen LogP) is 3.52. The Morgan fingerprint density at radius 2 is 1.81 bits per heavy atom. The van der Waals surface area contributed by atoms with Crippen molar-refractivity contribution in [3.8, 4) is 17.1 Å². The van der Waals surface area contributed by atoms with Crippen LogP contribution >= 0.6 is 11.8 Å². The summed E-state index contributed by atoms with van der Waals surface area (Å²) in [6, 6.07) is 17.3. The van der Waals surface area contributed by atoms with Gasteiger partial charge in [0.2, 0.25) is 5.91 Å². The van der Waals surface area contributed by atoms with Crippen LogP contribution in [0.3, 0.4) is 0 Å². The lowest BCUT2D eigenvalue weighted by atomic mass is 10.1. The van der Waals surface area contributed by atoms with Crippen molar-refractivity contribution >= 4 is 23.7 Å². The van der Waals surface area contributed by atoms with Crippen LogP contribution in [0.15, 0.2) is 59.8 Å². The summed E-state index contributed by atoms with van der Waals surface area (Å²) in [5.41, 5.74) is 2.09. The first kappa shape index (κ1) is 23.3. The predicted molar refractivity (Wildman–Crippen MR) is 125 cm³/mol. The summed E-state index contributed by atoms with van der Waals surface area (Å²) in [4.78, 5) is 24.1. The molecule has 8 nitrogen and oxygen atoms in total. The summed E-state index contributed by atoms with van der Waals surface area (Å²) >= 11 is 1.27. The van der Waals surface area contributed by atoms with Crippen molar-refractivity contribution in [1.29, 1.82) is 0 Å². The zero-order valence-corrected chi connectivity index (χ0v) is 19.2. The van der Waals surface area contributed by atoms with Gasteiger partial charge >= 0.3 is 6.03 Å². The molecular weight excluding hydrogens is 426 g/mol. The quantitative estimate of drug-likeness (QED) is 0.481. The van der Waals surface area contributed by atoms with Crippen LogP contribution in [0.5, 0.6) is 5.75 Å². The normalized spacial score (nSPS) is 11.6. The second-order valence-corrected chi connectivity index (χ2v) is 8.34. The van der Waals surface area contributed by atoms with E-state index in [4.69, 9.17) is 4.74 Å². The third-order valence-corrected chi connectivity index (χ3v) is 5.84. The van der Waals surface area contributed by atoms with E-state index in [0.717, 1.165) is 17.7 Å². The Morgan fingerprint density at radius 1 is 1.09 bits per heavy atom. The molecule has 1 heterocycles. The van der Waals surface area contributed by atoms with Crippen molar-refractivity contribution in [2.24, 2.45) is 0 Å². The number of benzene rings is 2. The third kappa shape index (κ3) is 6.10. The molecule has 0 fully saturated rings. The first-order valence-corrected chi connectivity index (χ1v) is 11.3.